The minimum Gasteiger partial charge on any atom is -0.339 e. The van der Waals surface area contributed by atoms with Gasteiger partial charge < -0.3 is 10.6 Å². The molecule has 1 amide bonds. The molecule has 2 N–H and O–H groups in total. The van der Waals surface area contributed by atoms with Crippen LogP contribution >= 0.6 is 0 Å². The van der Waals surface area contributed by atoms with Gasteiger partial charge >= 0.3 is 0 Å². The highest BCUT2D eigenvalue weighted by molar-refractivity contribution is 5.94. The molecule has 0 saturated carbocycles. The first kappa shape index (κ1) is 13.6. The standard InChI is InChI=1S/C13H21N3O/c1-4-16(9-11(3)6-14)13(17)12-5-10(2)7-15-8-12/h5,7-8,11H,4,6,9,14H2,1-3H3. The van der Waals surface area contributed by atoms with Crippen LogP contribution in [-0.2, 0) is 0 Å². The number of rotatable bonds is 5. The minimum absolute atomic E-state index is 0.0315. The highest BCUT2D eigenvalue weighted by atomic mass is 16.2. The number of carbonyl (C=O) groups is 1. The molecule has 0 aliphatic rings. The van der Waals surface area contributed by atoms with E-state index in [1.807, 2.05) is 31.7 Å². The third-order valence-electron chi connectivity index (χ3n) is 2.73. The van der Waals surface area contributed by atoms with E-state index in [-0.39, 0.29) is 5.91 Å². The van der Waals surface area contributed by atoms with Gasteiger partial charge in [0.05, 0.1) is 5.56 Å². The van der Waals surface area contributed by atoms with Crippen LogP contribution < -0.4 is 5.73 Å². The van der Waals surface area contributed by atoms with Crippen LogP contribution in [0.3, 0.4) is 0 Å². The van der Waals surface area contributed by atoms with Crippen LogP contribution in [0.25, 0.3) is 0 Å². The SMILES string of the molecule is CCN(CC(C)CN)C(=O)c1cncc(C)c1. The molecule has 1 rings (SSSR count). The fraction of sp³-hybridized carbons (Fsp3) is 0.538. The summed E-state index contributed by atoms with van der Waals surface area (Å²) in [6.07, 6.45) is 3.36. The van der Waals surface area contributed by atoms with Gasteiger partial charge in [-0.3, -0.25) is 9.78 Å². The Kier molecular flexibility index (Phi) is 5.10. The molecule has 1 heterocycles. The Bertz CT molecular complexity index is 379. The molecular weight excluding hydrogens is 214 g/mol. The van der Waals surface area contributed by atoms with Gasteiger partial charge in [0.25, 0.3) is 5.91 Å². The summed E-state index contributed by atoms with van der Waals surface area (Å²) in [5, 5.41) is 0. The van der Waals surface area contributed by atoms with Crippen LogP contribution in [0.1, 0.15) is 29.8 Å². The zero-order chi connectivity index (χ0) is 12.8. The largest absolute Gasteiger partial charge is 0.339 e. The van der Waals surface area contributed by atoms with Gasteiger partial charge in [-0.25, -0.2) is 0 Å². The van der Waals surface area contributed by atoms with E-state index in [0.29, 0.717) is 31.1 Å². The molecule has 17 heavy (non-hydrogen) atoms. The van der Waals surface area contributed by atoms with Crippen molar-refractivity contribution in [2.75, 3.05) is 19.6 Å². The fourth-order valence-corrected chi connectivity index (χ4v) is 1.66. The third kappa shape index (κ3) is 3.82. The molecule has 94 valence electrons. The van der Waals surface area contributed by atoms with Crippen molar-refractivity contribution in [1.82, 2.24) is 9.88 Å². The molecule has 1 atom stereocenters. The maximum Gasteiger partial charge on any atom is 0.255 e. The molecule has 1 unspecified atom stereocenters. The normalized spacial score (nSPS) is 12.2. The van der Waals surface area contributed by atoms with Crippen molar-refractivity contribution < 1.29 is 4.79 Å². The highest BCUT2D eigenvalue weighted by Gasteiger charge is 2.16. The van der Waals surface area contributed by atoms with Crippen molar-refractivity contribution in [2.45, 2.75) is 20.8 Å². The van der Waals surface area contributed by atoms with Crippen LogP contribution in [-0.4, -0.2) is 35.4 Å². The van der Waals surface area contributed by atoms with Gasteiger partial charge in [0.2, 0.25) is 0 Å². The van der Waals surface area contributed by atoms with Crippen LogP contribution in [0.4, 0.5) is 0 Å². The Balaban J connectivity index is 2.79. The first-order valence-electron chi connectivity index (χ1n) is 5.99. The van der Waals surface area contributed by atoms with E-state index in [0.717, 1.165) is 5.56 Å². The number of nitrogens with two attached hydrogens (primary N) is 1. The van der Waals surface area contributed by atoms with Crippen molar-refractivity contribution in [1.29, 1.82) is 0 Å². The minimum atomic E-state index is 0.0315. The van der Waals surface area contributed by atoms with E-state index in [9.17, 15) is 4.79 Å². The zero-order valence-electron chi connectivity index (χ0n) is 10.8. The molecule has 4 nitrogen and oxygen atoms in total. The molecule has 0 saturated heterocycles. The molecule has 0 aliphatic carbocycles. The zero-order valence-corrected chi connectivity index (χ0v) is 10.8. The Morgan fingerprint density at radius 1 is 1.53 bits per heavy atom. The Morgan fingerprint density at radius 2 is 2.24 bits per heavy atom. The summed E-state index contributed by atoms with van der Waals surface area (Å²) in [5.41, 5.74) is 7.24. The van der Waals surface area contributed by atoms with Crippen molar-refractivity contribution in [3.05, 3.63) is 29.6 Å². The van der Waals surface area contributed by atoms with Crippen molar-refractivity contribution in [2.24, 2.45) is 11.7 Å². The summed E-state index contributed by atoms with van der Waals surface area (Å²) in [4.78, 5) is 18.1. The second kappa shape index (κ2) is 6.35. The van der Waals surface area contributed by atoms with Crippen molar-refractivity contribution in [3.8, 4) is 0 Å². The van der Waals surface area contributed by atoms with Gasteiger partial charge in [0.15, 0.2) is 0 Å². The van der Waals surface area contributed by atoms with Gasteiger partial charge in [-0.1, -0.05) is 6.92 Å². The number of aromatic nitrogens is 1. The number of carbonyl (C=O) groups excluding carboxylic acids is 1. The predicted octanol–water partition coefficient (Wildman–Crippen LogP) is 1.45. The van der Waals surface area contributed by atoms with E-state index in [1.165, 1.54) is 0 Å². The van der Waals surface area contributed by atoms with E-state index in [1.54, 1.807) is 12.4 Å². The monoisotopic (exact) mass is 235 g/mol. The second-order valence-corrected chi connectivity index (χ2v) is 4.44. The molecule has 0 aliphatic heterocycles. The molecule has 4 heteroatoms. The molecule has 0 fully saturated rings. The van der Waals surface area contributed by atoms with Crippen LogP contribution in [0, 0.1) is 12.8 Å². The van der Waals surface area contributed by atoms with Crippen molar-refractivity contribution >= 4 is 5.91 Å². The lowest BCUT2D eigenvalue weighted by Gasteiger charge is -2.24. The molecular formula is C13H21N3O. The van der Waals surface area contributed by atoms with E-state index in [4.69, 9.17) is 5.73 Å². The molecule has 1 aromatic heterocycles. The Hall–Kier alpha value is -1.42. The van der Waals surface area contributed by atoms with Gasteiger partial charge in [-0.15, -0.1) is 0 Å². The van der Waals surface area contributed by atoms with Gasteiger partial charge in [0, 0.05) is 25.5 Å². The van der Waals surface area contributed by atoms with Gasteiger partial charge in [-0.2, -0.15) is 0 Å². The quantitative estimate of drug-likeness (QED) is 0.840. The summed E-state index contributed by atoms with van der Waals surface area (Å²) in [7, 11) is 0. The smallest absolute Gasteiger partial charge is 0.255 e. The summed E-state index contributed by atoms with van der Waals surface area (Å²) >= 11 is 0. The highest BCUT2D eigenvalue weighted by Crippen LogP contribution is 2.08. The van der Waals surface area contributed by atoms with Crippen molar-refractivity contribution in [3.63, 3.8) is 0 Å². The average molecular weight is 235 g/mol. The number of amides is 1. The van der Waals surface area contributed by atoms with Gasteiger partial charge in [-0.05, 0) is 37.9 Å². The summed E-state index contributed by atoms with van der Waals surface area (Å²) in [6.45, 7) is 7.93. The topological polar surface area (TPSA) is 59.2 Å². The summed E-state index contributed by atoms with van der Waals surface area (Å²) in [5.74, 6) is 0.348. The summed E-state index contributed by atoms with van der Waals surface area (Å²) < 4.78 is 0. The summed E-state index contributed by atoms with van der Waals surface area (Å²) in [6, 6.07) is 1.87. The number of hydrogen-bond acceptors (Lipinski definition) is 3. The van der Waals surface area contributed by atoms with Crippen LogP contribution in [0.15, 0.2) is 18.5 Å². The Labute approximate surface area is 103 Å². The van der Waals surface area contributed by atoms with E-state index < -0.39 is 0 Å². The second-order valence-electron chi connectivity index (χ2n) is 4.44. The lowest BCUT2D eigenvalue weighted by atomic mass is 10.1. The third-order valence-corrected chi connectivity index (χ3v) is 2.73. The van der Waals surface area contributed by atoms with E-state index >= 15 is 0 Å². The van der Waals surface area contributed by atoms with Crippen LogP contribution in [0.5, 0.6) is 0 Å². The number of nitrogens with zero attached hydrogens (tertiary/aromatic N) is 2. The number of aryl methyl sites for hydroxylation is 1. The molecule has 0 aromatic carbocycles. The molecule has 0 spiro atoms. The predicted molar refractivity (Wildman–Crippen MR) is 68.8 cm³/mol. The maximum absolute atomic E-state index is 12.2. The first-order chi connectivity index (χ1) is 8.08. The number of pyridine rings is 1. The van der Waals surface area contributed by atoms with Gasteiger partial charge in [0.1, 0.15) is 0 Å². The molecule has 1 aromatic rings. The maximum atomic E-state index is 12.2. The molecule has 0 radical (unpaired) electrons. The average Bonchev–Trinajstić information content (AvgIpc) is 2.34. The lowest BCUT2D eigenvalue weighted by Crippen LogP contribution is -2.36. The van der Waals surface area contributed by atoms with Crippen LogP contribution in [0.2, 0.25) is 0 Å². The fourth-order valence-electron chi connectivity index (χ4n) is 1.66. The Morgan fingerprint density at radius 3 is 2.76 bits per heavy atom. The molecule has 0 bridgehead atoms. The first-order valence-corrected chi connectivity index (χ1v) is 5.99. The number of hydrogen-bond donors (Lipinski definition) is 1. The van der Waals surface area contributed by atoms with E-state index in [2.05, 4.69) is 4.98 Å². The lowest BCUT2D eigenvalue weighted by molar-refractivity contribution is 0.0743.